The van der Waals surface area contributed by atoms with Gasteiger partial charge in [0.15, 0.2) is 0 Å². The van der Waals surface area contributed by atoms with Gasteiger partial charge in [0, 0.05) is 0 Å². The van der Waals surface area contributed by atoms with E-state index in [2.05, 4.69) is 21.9 Å². The molecule has 1 aromatic carbocycles. The third-order valence-corrected chi connectivity index (χ3v) is 2.33. The second-order valence-corrected chi connectivity index (χ2v) is 3.29. The Morgan fingerprint density at radius 2 is 2.07 bits per heavy atom. The average molecular weight is 199 g/mol. The van der Waals surface area contributed by atoms with Gasteiger partial charge in [-0.05, 0) is 19.2 Å². The maximum Gasteiger partial charge on any atom is 0.0890 e. The third kappa shape index (κ3) is 1.87. The Hall–Kier alpha value is -1.74. The molecular formula is C12H13N3. The summed E-state index contributed by atoms with van der Waals surface area (Å²) in [6.07, 6.45) is 3.60. The number of fused-ring (bicyclic) bond motifs is 1. The van der Waals surface area contributed by atoms with Crippen molar-refractivity contribution in [3.05, 3.63) is 48.8 Å². The van der Waals surface area contributed by atoms with E-state index in [1.54, 1.807) is 6.20 Å². The van der Waals surface area contributed by atoms with E-state index in [1.807, 2.05) is 37.4 Å². The standard InChI is InChI=1S/C12H13N3/c1-3-9(13-2)12-8-14-10-6-4-5-7-11(10)15-12/h3-9,13H,1H2,2H3. The Bertz CT molecular complexity index is 479. The van der Waals surface area contributed by atoms with Crippen LogP contribution in [0.4, 0.5) is 0 Å². The molecule has 0 fully saturated rings. The summed E-state index contributed by atoms with van der Waals surface area (Å²) in [7, 11) is 1.88. The Balaban J connectivity index is 2.50. The highest BCUT2D eigenvalue weighted by molar-refractivity contribution is 5.73. The van der Waals surface area contributed by atoms with Crippen molar-refractivity contribution >= 4 is 11.0 Å². The summed E-state index contributed by atoms with van der Waals surface area (Å²) in [5, 5.41) is 3.11. The number of hydrogen-bond donors (Lipinski definition) is 1. The molecule has 0 spiro atoms. The number of nitrogens with one attached hydrogen (secondary N) is 1. The Kier molecular flexibility index (Phi) is 2.74. The zero-order valence-electron chi connectivity index (χ0n) is 8.64. The molecule has 1 atom stereocenters. The van der Waals surface area contributed by atoms with Crippen LogP contribution in [0.1, 0.15) is 11.7 Å². The minimum atomic E-state index is 0.0575. The van der Waals surface area contributed by atoms with Crippen molar-refractivity contribution in [3.63, 3.8) is 0 Å². The molecular weight excluding hydrogens is 186 g/mol. The van der Waals surface area contributed by atoms with E-state index in [1.165, 1.54) is 0 Å². The number of rotatable bonds is 3. The highest BCUT2D eigenvalue weighted by Crippen LogP contribution is 2.14. The molecule has 1 unspecified atom stereocenters. The zero-order chi connectivity index (χ0) is 10.7. The predicted octanol–water partition coefficient (Wildman–Crippen LogP) is 2.08. The second kappa shape index (κ2) is 4.19. The fourth-order valence-electron chi connectivity index (χ4n) is 1.51. The normalized spacial score (nSPS) is 12.6. The molecule has 0 bridgehead atoms. The first-order valence-corrected chi connectivity index (χ1v) is 4.86. The van der Waals surface area contributed by atoms with Gasteiger partial charge in [-0.25, -0.2) is 4.98 Å². The summed E-state index contributed by atoms with van der Waals surface area (Å²) in [6.45, 7) is 3.76. The van der Waals surface area contributed by atoms with Crippen molar-refractivity contribution in [2.75, 3.05) is 7.05 Å². The van der Waals surface area contributed by atoms with Gasteiger partial charge in [0.1, 0.15) is 0 Å². The summed E-state index contributed by atoms with van der Waals surface area (Å²) >= 11 is 0. The molecule has 2 aromatic rings. The van der Waals surface area contributed by atoms with Gasteiger partial charge in [-0.3, -0.25) is 4.98 Å². The van der Waals surface area contributed by atoms with Crippen molar-refractivity contribution in [1.29, 1.82) is 0 Å². The van der Waals surface area contributed by atoms with Crippen molar-refractivity contribution in [2.24, 2.45) is 0 Å². The molecule has 0 aliphatic heterocycles. The van der Waals surface area contributed by atoms with Gasteiger partial charge >= 0.3 is 0 Å². The van der Waals surface area contributed by atoms with E-state index in [0.29, 0.717) is 0 Å². The lowest BCUT2D eigenvalue weighted by molar-refractivity contribution is 0.694. The van der Waals surface area contributed by atoms with Gasteiger partial charge in [0.2, 0.25) is 0 Å². The van der Waals surface area contributed by atoms with Crippen LogP contribution in [-0.4, -0.2) is 17.0 Å². The predicted molar refractivity (Wildman–Crippen MR) is 61.5 cm³/mol. The fourth-order valence-corrected chi connectivity index (χ4v) is 1.51. The van der Waals surface area contributed by atoms with Gasteiger partial charge in [-0.2, -0.15) is 0 Å². The summed E-state index contributed by atoms with van der Waals surface area (Å²) in [4.78, 5) is 8.87. The maximum absolute atomic E-state index is 4.52. The molecule has 1 aromatic heterocycles. The molecule has 15 heavy (non-hydrogen) atoms. The minimum absolute atomic E-state index is 0.0575. The number of hydrogen-bond acceptors (Lipinski definition) is 3. The molecule has 3 nitrogen and oxygen atoms in total. The lowest BCUT2D eigenvalue weighted by Gasteiger charge is -2.10. The Morgan fingerprint density at radius 1 is 1.33 bits per heavy atom. The SMILES string of the molecule is C=CC(NC)c1cnc2ccccc2n1. The minimum Gasteiger partial charge on any atom is -0.308 e. The average Bonchev–Trinajstić information content (AvgIpc) is 2.30. The van der Waals surface area contributed by atoms with E-state index in [4.69, 9.17) is 0 Å². The lowest BCUT2D eigenvalue weighted by atomic mass is 10.2. The highest BCUT2D eigenvalue weighted by Gasteiger charge is 2.07. The summed E-state index contributed by atoms with van der Waals surface area (Å²) in [6, 6.07) is 7.89. The fraction of sp³-hybridized carbons (Fsp3) is 0.167. The van der Waals surface area contributed by atoms with Gasteiger partial charge in [0.25, 0.3) is 0 Å². The van der Waals surface area contributed by atoms with Crippen LogP contribution in [0, 0.1) is 0 Å². The maximum atomic E-state index is 4.52. The molecule has 1 heterocycles. The van der Waals surface area contributed by atoms with Crippen molar-refractivity contribution in [1.82, 2.24) is 15.3 Å². The van der Waals surface area contributed by atoms with Gasteiger partial charge in [-0.15, -0.1) is 6.58 Å². The van der Waals surface area contributed by atoms with E-state index >= 15 is 0 Å². The van der Waals surface area contributed by atoms with Crippen LogP contribution in [0.2, 0.25) is 0 Å². The van der Waals surface area contributed by atoms with Crippen LogP contribution in [-0.2, 0) is 0 Å². The molecule has 3 heteroatoms. The van der Waals surface area contributed by atoms with Crippen LogP contribution >= 0.6 is 0 Å². The number of nitrogens with zero attached hydrogens (tertiary/aromatic N) is 2. The van der Waals surface area contributed by atoms with Crippen LogP contribution in [0.25, 0.3) is 11.0 Å². The van der Waals surface area contributed by atoms with E-state index in [-0.39, 0.29) is 6.04 Å². The van der Waals surface area contributed by atoms with Crippen molar-refractivity contribution in [3.8, 4) is 0 Å². The monoisotopic (exact) mass is 199 g/mol. The summed E-state index contributed by atoms with van der Waals surface area (Å²) in [5.74, 6) is 0. The number of aromatic nitrogens is 2. The highest BCUT2D eigenvalue weighted by atomic mass is 14.9. The molecule has 0 saturated carbocycles. The van der Waals surface area contributed by atoms with Crippen molar-refractivity contribution < 1.29 is 0 Å². The van der Waals surface area contributed by atoms with Gasteiger partial charge in [-0.1, -0.05) is 18.2 Å². The third-order valence-electron chi connectivity index (χ3n) is 2.33. The van der Waals surface area contributed by atoms with Crippen molar-refractivity contribution in [2.45, 2.75) is 6.04 Å². The number of benzene rings is 1. The molecule has 0 amide bonds. The van der Waals surface area contributed by atoms with Crippen LogP contribution in [0.5, 0.6) is 0 Å². The van der Waals surface area contributed by atoms with Crippen LogP contribution in [0.3, 0.4) is 0 Å². The first-order chi connectivity index (χ1) is 7.35. The summed E-state index contributed by atoms with van der Waals surface area (Å²) < 4.78 is 0. The van der Waals surface area contributed by atoms with Gasteiger partial charge in [0.05, 0.1) is 29.0 Å². The first-order valence-electron chi connectivity index (χ1n) is 4.86. The molecule has 0 radical (unpaired) electrons. The first kappa shape index (κ1) is 9.80. The molecule has 0 aliphatic carbocycles. The molecule has 76 valence electrons. The quantitative estimate of drug-likeness (QED) is 0.769. The Labute approximate surface area is 88.9 Å². The number of para-hydroxylation sites is 2. The topological polar surface area (TPSA) is 37.8 Å². The van der Waals surface area contributed by atoms with E-state index in [0.717, 1.165) is 16.7 Å². The van der Waals surface area contributed by atoms with Crippen LogP contribution < -0.4 is 5.32 Å². The largest absolute Gasteiger partial charge is 0.308 e. The molecule has 2 rings (SSSR count). The molecule has 0 saturated heterocycles. The van der Waals surface area contributed by atoms with E-state index < -0.39 is 0 Å². The second-order valence-electron chi connectivity index (χ2n) is 3.29. The van der Waals surface area contributed by atoms with Crippen LogP contribution in [0.15, 0.2) is 43.1 Å². The number of likely N-dealkylation sites (N-methyl/N-ethyl adjacent to an activating group) is 1. The molecule has 0 aliphatic rings. The van der Waals surface area contributed by atoms with Gasteiger partial charge < -0.3 is 5.32 Å². The lowest BCUT2D eigenvalue weighted by Crippen LogP contribution is -2.15. The zero-order valence-corrected chi connectivity index (χ0v) is 8.64. The van der Waals surface area contributed by atoms with E-state index in [9.17, 15) is 0 Å². The smallest absolute Gasteiger partial charge is 0.0890 e. The molecule has 1 N–H and O–H groups in total. The summed E-state index contributed by atoms with van der Waals surface area (Å²) in [5.41, 5.74) is 2.73. The Morgan fingerprint density at radius 3 is 2.73 bits per heavy atom.